The molecule has 0 fully saturated rings. The monoisotopic (exact) mass is 301 g/mol. The smallest absolute Gasteiger partial charge is 0.256 e. The molecule has 116 valence electrons. The van der Waals surface area contributed by atoms with Gasteiger partial charge in [0.25, 0.3) is 5.91 Å². The molecule has 0 atom stereocenters. The summed E-state index contributed by atoms with van der Waals surface area (Å²) in [6.45, 7) is 3.07. The molecule has 2 N–H and O–H groups in total. The van der Waals surface area contributed by atoms with E-state index in [-0.39, 0.29) is 11.5 Å². The third-order valence-corrected chi connectivity index (χ3v) is 3.20. The lowest BCUT2D eigenvalue weighted by Crippen LogP contribution is -2.13. The molecule has 0 aliphatic carbocycles. The number of nitrogens with one attached hydrogen (secondary N) is 2. The van der Waals surface area contributed by atoms with Crippen LogP contribution < -0.4 is 10.6 Å². The average Bonchev–Trinajstić information content (AvgIpc) is 2.53. The Kier molecular flexibility index (Phi) is 5.89. The Morgan fingerprint density at radius 3 is 2.77 bits per heavy atom. The minimum Gasteiger partial charge on any atom is -0.384 e. The zero-order valence-electron chi connectivity index (χ0n) is 12.6. The molecular weight excluding hydrogens is 281 g/mol. The van der Waals surface area contributed by atoms with Crippen LogP contribution in [0.2, 0.25) is 0 Å². The van der Waals surface area contributed by atoms with Crippen LogP contribution in [0.5, 0.6) is 0 Å². The van der Waals surface area contributed by atoms with Crippen molar-refractivity contribution in [3.8, 4) is 0 Å². The van der Waals surface area contributed by atoms with Gasteiger partial charge in [-0.05, 0) is 36.8 Å². The van der Waals surface area contributed by atoms with Gasteiger partial charge in [0.1, 0.15) is 11.6 Å². The number of anilines is 2. The van der Waals surface area contributed by atoms with Crippen LogP contribution in [0.4, 0.5) is 15.9 Å². The number of hydrogen-bond acceptors (Lipinski definition) is 3. The molecule has 1 aromatic carbocycles. The molecule has 1 aromatic heterocycles. The Balaban J connectivity index is 1.89. The number of halogens is 1. The van der Waals surface area contributed by atoms with Crippen molar-refractivity contribution in [2.45, 2.75) is 26.2 Å². The molecule has 4 nitrogen and oxygen atoms in total. The van der Waals surface area contributed by atoms with Crippen molar-refractivity contribution in [3.05, 3.63) is 54.0 Å². The van der Waals surface area contributed by atoms with Crippen LogP contribution >= 0.6 is 0 Å². The van der Waals surface area contributed by atoms with E-state index in [2.05, 4.69) is 22.5 Å². The maximum absolute atomic E-state index is 13.1. The van der Waals surface area contributed by atoms with Crippen molar-refractivity contribution in [3.63, 3.8) is 0 Å². The quantitative estimate of drug-likeness (QED) is 0.758. The highest BCUT2D eigenvalue weighted by molar-refractivity contribution is 6.03. The number of nitrogens with zero attached hydrogens (tertiary/aromatic N) is 1. The third kappa shape index (κ3) is 4.84. The van der Waals surface area contributed by atoms with Crippen LogP contribution in [0.1, 0.15) is 36.5 Å². The van der Waals surface area contributed by atoms with Crippen LogP contribution in [0, 0.1) is 5.82 Å². The van der Waals surface area contributed by atoms with Gasteiger partial charge in [-0.15, -0.1) is 0 Å². The van der Waals surface area contributed by atoms with Crippen LogP contribution in [-0.4, -0.2) is 17.4 Å². The van der Waals surface area contributed by atoms with E-state index in [1.807, 2.05) is 6.07 Å². The molecule has 1 heterocycles. The third-order valence-electron chi connectivity index (χ3n) is 3.20. The molecule has 2 aromatic rings. The van der Waals surface area contributed by atoms with E-state index >= 15 is 0 Å². The molecule has 0 spiro atoms. The summed E-state index contributed by atoms with van der Waals surface area (Å²) in [4.78, 5) is 16.1. The van der Waals surface area contributed by atoms with E-state index in [0.717, 1.165) is 18.7 Å². The number of amides is 1. The zero-order valence-corrected chi connectivity index (χ0v) is 12.6. The van der Waals surface area contributed by atoms with Crippen molar-refractivity contribution < 1.29 is 9.18 Å². The topological polar surface area (TPSA) is 54.0 Å². The van der Waals surface area contributed by atoms with Gasteiger partial charge in [-0.3, -0.25) is 4.79 Å². The molecule has 22 heavy (non-hydrogen) atoms. The Morgan fingerprint density at radius 1 is 1.23 bits per heavy atom. The van der Waals surface area contributed by atoms with E-state index < -0.39 is 5.82 Å². The summed E-state index contributed by atoms with van der Waals surface area (Å²) in [6.07, 6.45) is 5.18. The largest absolute Gasteiger partial charge is 0.384 e. The lowest BCUT2D eigenvalue weighted by Gasteiger charge is -2.08. The molecule has 0 saturated carbocycles. The highest BCUT2D eigenvalue weighted by Gasteiger charge is 2.07. The van der Waals surface area contributed by atoms with Crippen LogP contribution in [-0.2, 0) is 0 Å². The van der Waals surface area contributed by atoms with Gasteiger partial charge in [0.05, 0.1) is 11.9 Å². The summed E-state index contributed by atoms with van der Waals surface area (Å²) in [5, 5.41) is 5.92. The van der Waals surface area contributed by atoms with Gasteiger partial charge in [0, 0.05) is 12.1 Å². The lowest BCUT2D eigenvalue weighted by atomic mass is 10.2. The van der Waals surface area contributed by atoms with E-state index in [9.17, 15) is 9.18 Å². The number of unbranched alkanes of at least 4 members (excludes halogenated alkanes) is 2. The van der Waals surface area contributed by atoms with Gasteiger partial charge in [0.2, 0.25) is 0 Å². The number of hydrogen-bond donors (Lipinski definition) is 2. The molecule has 0 unspecified atom stereocenters. The Labute approximate surface area is 129 Å². The fraction of sp³-hybridized carbons (Fsp3) is 0.294. The fourth-order valence-electron chi connectivity index (χ4n) is 2.00. The van der Waals surface area contributed by atoms with E-state index in [0.29, 0.717) is 5.82 Å². The van der Waals surface area contributed by atoms with E-state index in [1.54, 1.807) is 18.3 Å². The highest BCUT2D eigenvalue weighted by Crippen LogP contribution is 2.12. The normalized spacial score (nSPS) is 10.3. The first-order chi connectivity index (χ1) is 10.7. The first-order valence-electron chi connectivity index (χ1n) is 7.46. The molecule has 2 rings (SSSR count). The second-order valence-corrected chi connectivity index (χ2v) is 5.03. The fourth-order valence-corrected chi connectivity index (χ4v) is 2.00. The Hall–Kier alpha value is -2.43. The highest BCUT2D eigenvalue weighted by atomic mass is 19.1. The molecule has 1 amide bonds. The number of aromatic nitrogens is 1. The molecule has 0 saturated heterocycles. The first kappa shape index (κ1) is 15.9. The van der Waals surface area contributed by atoms with Gasteiger partial charge in [-0.25, -0.2) is 9.37 Å². The Bertz CT molecular complexity index is 614. The predicted octanol–water partition coefficient (Wildman–Crippen LogP) is 4.08. The van der Waals surface area contributed by atoms with Gasteiger partial charge in [-0.1, -0.05) is 25.8 Å². The Morgan fingerprint density at radius 2 is 2.09 bits per heavy atom. The van der Waals surface area contributed by atoms with Crippen molar-refractivity contribution in [2.75, 3.05) is 17.2 Å². The van der Waals surface area contributed by atoms with Gasteiger partial charge in [-0.2, -0.15) is 0 Å². The summed E-state index contributed by atoms with van der Waals surface area (Å²) in [5.74, 6) is -0.378. The predicted molar refractivity (Wildman–Crippen MR) is 86.6 cm³/mol. The van der Waals surface area contributed by atoms with Crippen molar-refractivity contribution in [1.29, 1.82) is 0 Å². The second kappa shape index (κ2) is 8.12. The van der Waals surface area contributed by atoms with Crippen LogP contribution in [0.25, 0.3) is 0 Å². The summed E-state index contributed by atoms with van der Waals surface area (Å²) in [6, 6.07) is 9.13. The van der Waals surface area contributed by atoms with Crippen molar-refractivity contribution >= 4 is 17.4 Å². The second-order valence-electron chi connectivity index (χ2n) is 5.03. The van der Waals surface area contributed by atoms with E-state index in [4.69, 9.17) is 0 Å². The minimum absolute atomic E-state index is 0.267. The van der Waals surface area contributed by atoms with E-state index in [1.165, 1.54) is 31.0 Å². The molecule has 5 heteroatoms. The number of carbonyl (C=O) groups excluding carboxylic acids is 1. The number of carbonyl (C=O) groups is 1. The summed E-state index contributed by atoms with van der Waals surface area (Å²) >= 11 is 0. The van der Waals surface area contributed by atoms with Gasteiger partial charge < -0.3 is 10.6 Å². The zero-order chi connectivity index (χ0) is 15.8. The van der Waals surface area contributed by atoms with Gasteiger partial charge in [0.15, 0.2) is 0 Å². The lowest BCUT2D eigenvalue weighted by molar-refractivity contribution is 0.102. The minimum atomic E-state index is -0.438. The number of pyridine rings is 1. The molecule has 0 radical (unpaired) electrons. The molecule has 0 bridgehead atoms. The first-order valence-corrected chi connectivity index (χ1v) is 7.46. The van der Waals surface area contributed by atoms with Crippen LogP contribution in [0.3, 0.4) is 0 Å². The average molecular weight is 301 g/mol. The molecular formula is C17H20FN3O. The maximum atomic E-state index is 13.1. The van der Waals surface area contributed by atoms with Crippen LogP contribution in [0.15, 0.2) is 42.6 Å². The summed E-state index contributed by atoms with van der Waals surface area (Å²) < 4.78 is 13.1. The van der Waals surface area contributed by atoms with Crippen molar-refractivity contribution in [1.82, 2.24) is 4.98 Å². The SMILES string of the molecule is CCCCCNc1ccc(NC(=O)c2cccc(F)c2)nc1. The van der Waals surface area contributed by atoms with Crippen molar-refractivity contribution in [2.24, 2.45) is 0 Å². The number of benzene rings is 1. The standard InChI is InChI=1S/C17H20FN3O/c1-2-3-4-10-19-15-8-9-16(20-12-15)21-17(22)13-6-5-7-14(18)11-13/h5-9,11-12,19H,2-4,10H2,1H3,(H,20,21,22). The summed E-state index contributed by atoms with van der Waals surface area (Å²) in [7, 11) is 0. The summed E-state index contributed by atoms with van der Waals surface area (Å²) in [5.41, 5.74) is 1.18. The van der Waals surface area contributed by atoms with Gasteiger partial charge >= 0.3 is 0 Å². The maximum Gasteiger partial charge on any atom is 0.256 e. The molecule has 0 aliphatic heterocycles. The number of rotatable bonds is 7. The molecule has 0 aliphatic rings.